The number of ether oxygens (including phenoxy) is 1. The Bertz CT molecular complexity index is 1070. The number of carbonyl (C=O) groups excluding carboxylic acids is 2. The lowest BCUT2D eigenvalue weighted by atomic mass is 9.81. The zero-order chi connectivity index (χ0) is 23.3. The summed E-state index contributed by atoms with van der Waals surface area (Å²) >= 11 is 0. The van der Waals surface area contributed by atoms with Crippen LogP contribution in [0.15, 0.2) is 30.5 Å². The molecule has 0 aliphatic carbocycles. The van der Waals surface area contributed by atoms with Crippen molar-refractivity contribution in [3.05, 3.63) is 41.7 Å². The van der Waals surface area contributed by atoms with Crippen LogP contribution in [0.25, 0.3) is 16.5 Å². The Balaban J connectivity index is 1.78. The van der Waals surface area contributed by atoms with E-state index in [4.69, 9.17) is 4.74 Å². The summed E-state index contributed by atoms with van der Waals surface area (Å²) in [5.41, 5.74) is 2.90. The number of hydrogen-bond acceptors (Lipinski definition) is 3. The maximum absolute atomic E-state index is 13.6. The number of aromatic amines is 1. The van der Waals surface area contributed by atoms with Gasteiger partial charge < -0.3 is 19.1 Å². The molecular weight excluding hydrogens is 402 g/mol. The number of esters is 1. The number of hydrogen-bond donors (Lipinski definition) is 1. The van der Waals surface area contributed by atoms with Gasteiger partial charge in [-0.2, -0.15) is 0 Å². The summed E-state index contributed by atoms with van der Waals surface area (Å²) in [5.74, 6) is -0.296. The number of carbonyl (C=O) groups is 2. The monoisotopic (exact) mass is 438 g/mol. The lowest BCUT2D eigenvalue weighted by molar-refractivity contribution is -0.895. The lowest BCUT2D eigenvalue weighted by Crippen LogP contribution is -2.49. The van der Waals surface area contributed by atoms with E-state index in [1.54, 1.807) is 11.1 Å². The van der Waals surface area contributed by atoms with E-state index in [0.29, 0.717) is 12.1 Å². The van der Waals surface area contributed by atoms with Crippen LogP contribution < -0.4 is 0 Å². The molecule has 32 heavy (non-hydrogen) atoms. The van der Waals surface area contributed by atoms with E-state index in [0.717, 1.165) is 52.6 Å². The molecule has 2 aromatic rings. The summed E-state index contributed by atoms with van der Waals surface area (Å²) in [5, 5.41) is 1.08. The van der Waals surface area contributed by atoms with Crippen molar-refractivity contribution >= 4 is 28.4 Å². The number of nitrogens with one attached hydrogen (secondary N) is 1. The number of piperidine rings is 1. The Labute approximate surface area is 190 Å². The van der Waals surface area contributed by atoms with E-state index in [2.05, 4.69) is 39.0 Å². The van der Waals surface area contributed by atoms with Crippen LogP contribution in [0.2, 0.25) is 0 Å². The van der Waals surface area contributed by atoms with Crippen LogP contribution >= 0.6 is 0 Å². The van der Waals surface area contributed by atoms with Crippen LogP contribution in [0.1, 0.15) is 51.8 Å². The van der Waals surface area contributed by atoms with E-state index >= 15 is 0 Å². The van der Waals surface area contributed by atoms with Crippen molar-refractivity contribution in [3.8, 4) is 0 Å². The second-order valence-electron chi connectivity index (χ2n) is 10.9. The smallest absolute Gasteiger partial charge is 0.342 e. The van der Waals surface area contributed by atoms with Crippen LogP contribution in [0, 0.1) is 5.92 Å². The minimum absolute atomic E-state index is 0.0104. The van der Waals surface area contributed by atoms with Crippen LogP contribution in [0.5, 0.6) is 0 Å². The molecule has 3 heterocycles. The second kappa shape index (κ2) is 8.07. The Hall–Kier alpha value is -2.60. The van der Waals surface area contributed by atoms with Gasteiger partial charge in [0.25, 0.3) is 0 Å². The van der Waals surface area contributed by atoms with Crippen molar-refractivity contribution in [2.24, 2.45) is 5.92 Å². The average Bonchev–Trinajstić information content (AvgIpc) is 3.04. The number of H-pyrrole nitrogens is 1. The quantitative estimate of drug-likeness (QED) is 0.581. The Morgan fingerprint density at radius 1 is 1.16 bits per heavy atom. The average molecular weight is 439 g/mol. The maximum Gasteiger partial charge on any atom is 0.342 e. The molecule has 1 amide bonds. The highest BCUT2D eigenvalue weighted by atomic mass is 16.5. The molecule has 6 nitrogen and oxygen atoms in total. The first-order valence-electron chi connectivity index (χ1n) is 11.7. The summed E-state index contributed by atoms with van der Waals surface area (Å²) in [7, 11) is 4.43. The second-order valence-corrected chi connectivity index (χ2v) is 10.9. The predicted octanol–water partition coefficient (Wildman–Crippen LogP) is 4.07. The highest BCUT2D eigenvalue weighted by molar-refractivity contribution is 6.18. The molecule has 0 bridgehead atoms. The van der Waals surface area contributed by atoms with Gasteiger partial charge in [-0.3, -0.25) is 4.79 Å². The van der Waals surface area contributed by atoms with E-state index in [1.165, 1.54) is 0 Å². The molecule has 1 N–H and O–H groups in total. The fourth-order valence-corrected chi connectivity index (χ4v) is 5.14. The van der Waals surface area contributed by atoms with Crippen molar-refractivity contribution in [1.29, 1.82) is 0 Å². The van der Waals surface area contributed by atoms with Gasteiger partial charge in [0.2, 0.25) is 5.91 Å². The molecule has 1 aromatic heterocycles. The fraction of sp³-hybridized carbons (Fsp3) is 0.538. The number of amides is 1. The first-order valence-corrected chi connectivity index (χ1v) is 11.7. The van der Waals surface area contributed by atoms with Crippen molar-refractivity contribution in [3.63, 3.8) is 0 Å². The molecule has 0 radical (unpaired) electrons. The molecule has 0 spiro atoms. The van der Waals surface area contributed by atoms with Gasteiger partial charge in [-0.1, -0.05) is 32.0 Å². The van der Waals surface area contributed by atoms with Gasteiger partial charge in [0, 0.05) is 47.8 Å². The van der Waals surface area contributed by atoms with Crippen molar-refractivity contribution in [2.45, 2.75) is 52.1 Å². The van der Waals surface area contributed by atoms with Crippen LogP contribution in [0.4, 0.5) is 0 Å². The summed E-state index contributed by atoms with van der Waals surface area (Å²) in [6.45, 7) is 10.5. The molecule has 0 unspecified atom stereocenters. The standard InChI is InChI=1S/C26H36N3O3/c1-17(2)32-25(31)20-15-28(24(30)18-11-13-29(5,6)14-12-18)16-26(3,4)22-19-9-7-8-10-21(19)27-23(20)22/h7-10,15,17-18,27H,11-14,16H2,1-6H3/q+1. The molecular formula is C26H36N3O3+. The zero-order valence-electron chi connectivity index (χ0n) is 20.2. The third-order valence-electron chi connectivity index (χ3n) is 6.86. The van der Waals surface area contributed by atoms with Crippen molar-refractivity contribution in [1.82, 2.24) is 9.88 Å². The molecule has 1 aromatic carbocycles. The predicted molar refractivity (Wildman–Crippen MR) is 127 cm³/mol. The number of benzene rings is 1. The van der Waals surface area contributed by atoms with Gasteiger partial charge in [0.1, 0.15) is 0 Å². The van der Waals surface area contributed by atoms with Crippen LogP contribution in [-0.4, -0.2) is 66.1 Å². The molecule has 172 valence electrons. The van der Waals surface area contributed by atoms with Crippen LogP contribution in [-0.2, 0) is 19.7 Å². The molecule has 2 aliphatic rings. The molecule has 1 saturated heterocycles. The number of quaternary nitrogens is 1. The van der Waals surface area contributed by atoms with Crippen molar-refractivity contribution in [2.75, 3.05) is 33.7 Å². The normalized spacial score (nSPS) is 20.6. The third-order valence-corrected chi connectivity index (χ3v) is 6.86. The largest absolute Gasteiger partial charge is 0.459 e. The maximum atomic E-state index is 13.6. The highest BCUT2D eigenvalue weighted by Gasteiger charge is 2.40. The van der Waals surface area contributed by atoms with Gasteiger partial charge in [0.15, 0.2) is 0 Å². The van der Waals surface area contributed by atoms with Gasteiger partial charge in [-0.25, -0.2) is 4.79 Å². The number of rotatable bonds is 3. The topological polar surface area (TPSA) is 62.4 Å². The third kappa shape index (κ3) is 4.20. The first kappa shape index (κ1) is 22.6. The first-order chi connectivity index (χ1) is 15.0. The van der Waals surface area contributed by atoms with Crippen molar-refractivity contribution < 1.29 is 18.8 Å². The number of fused-ring (bicyclic) bond motifs is 3. The Morgan fingerprint density at radius 2 is 1.81 bits per heavy atom. The van der Waals surface area contributed by atoms with Gasteiger partial charge >= 0.3 is 5.97 Å². The fourth-order valence-electron chi connectivity index (χ4n) is 5.14. The molecule has 2 aliphatic heterocycles. The lowest BCUT2D eigenvalue weighted by Gasteiger charge is -2.38. The summed E-state index contributed by atoms with van der Waals surface area (Å²) < 4.78 is 6.55. The number of aromatic nitrogens is 1. The Kier molecular flexibility index (Phi) is 5.70. The molecule has 0 saturated carbocycles. The van der Waals surface area contributed by atoms with Gasteiger partial charge in [-0.05, 0) is 25.5 Å². The Morgan fingerprint density at radius 3 is 2.47 bits per heavy atom. The minimum atomic E-state index is -0.398. The number of likely N-dealkylation sites (tertiary alicyclic amines) is 1. The molecule has 4 rings (SSSR count). The summed E-state index contributed by atoms with van der Waals surface area (Å²) in [6, 6.07) is 8.10. The molecule has 1 fully saturated rings. The zero-order valence-corrected chi connectivity index (χ0v) is 20.2. The minimum Gasteiger partial charge on any atom is -0.459 e. The van der Waals surface area contributed by atoms with Crippen LogP contribution in [0.3, 0.4) is 0 Å². The van der Waals surface area contributed by atoms with Gasteiger partial charge in [-0.15, -0.1) is 0 Å². The van der Waals surface area contributed by atoms with E-state index in [-0.39, 0.29) is 23.3 Å². The SMILES string of the molecule is CC(C)OC(=O)C1=CN(C(=O)C2CC[N+](C)(C)CC2)CC(C)(C)c2c1[nH]c1ccccc21. The molecule has 6 heteroatoms. The highest BCUT2D eigenvalue weighted by Crippen LogP contribution is 2.41. The van der Waals surface area contributed by atoms with E-state index < -0.39 is 5.97 Å². The van der Waals surface area contributed by atoms with Gasteiger partial charge in [0.05, 0.1) is 44.6 Å². The van der Waals surface area contributed by atoms with E-state index in [1.807, 2.05) is 32.0 Å². The molecule has 0 atom stereocenters. The summed E-state index contributed by atoms with van der Waals surface area (Å²) in [6.07, 6.45) is 3.24. The number of nitrogens with zero attached hydrogens (tertiary/aromatic N) is 2. The van der Waals surface area contributed by atoms with E-state index in [9.17, 15) is 9.59 Å². The summed E-state index contributed by atoms with van der Waals surface area (Å²) in [4.78, 5) is 32.1. The number of para-hydroxylation sites is 1.